The Hall–Kier alpha value is -1.75. The second-order valence-corrected chi connectivity index (χ2v) is 4.64. The molecular weight excluding hydrogens is 235 g/mol. The van der Waals surface area contributed by atoms with Crippen molar-refractivity contribution < 1.29 is 14.0 Å². The molecular formula is C13H13FN2O2. The summed E-state index contributed by atoms with van der Waals surface area (Å²) in [7, 11) is 0. The summed E-state index contributed by atoms with van der Waals surface area (Å²) in [6, 6.07) is 4.02. The summed E-state index contributed by atoms with van der Waals surface area (Å²) < 4.78 is 13.6. The van der Waals surface area contributed by atoms with Gasteiger partial charge in [0.05, 0.1) is 17.2 Å². The summed E-state index contributed by atoms with van der Waals surface area (Å²) in [5, 5.41) is 3.15. The van der Waals surface area contributed by atoms with E-state index in [1.165, 1.54) is 23.1 Å². The van der Waals surface area contributed by atoms with Gasteiger partial charge in [-0.05, 0) is 31.5 Å². The predicted octanol–water partition coefficient (Wildman–Crippen LogP) is 1.17. The highest BCUT2D eigenvalue weighted by atomic mass is 19.1. The molecule has 1 unspecified atom stereocenters. The number of halogens is 1. The molecule has 1 atom stereocenters. The minimum absolute atomic E-state index is 0.0759. The molecule has 0 spiro atoms. The Morgan fingerprint density at radius 2 is 2.11 bits per heavy atom. The van der Waals surface area contributed by atoms with Crippen molar-refractivity contribution in [3.63, 3.8) is 0 Å². The van der Waals surface area contributed by atoms with Gasteiger partial charge in [-0.2, -0.15) is 0 Å². The molecule has 0 aliphatic carbocycles. The van der Waals surface area contributed by atoms with E-state index < -0.39 is 11.7 Å². The van der Waals surface area contributed by atoms with Crippen molar-refractivity contribution in [3.8, 4) is 0 Å². The van der Waals surface area contributed by atoms with Crippen LogP contribution in [0.25, 0.3) is 0 Å². The molecule has 2 amide bonds. The van der Waals surface area contributed by atoms with Crippen LogP contribution in [-0.4, -0.2) is 35.8 Å². The minimum Gasteiger partial charge on any atom is -0.315 e. The van der Waals surface area contributed by atoms with Crippen LogP contribution in [0.15, 0.2) is 18.2 Å². The van der Waals surface area contributed by atoms with Gasteiger partial charge in [-0.15, -0.1) is 0 Å². The molecule has 2 aliphatic rings. The largest absolute Gasteiger partial charge is 0.315 e. The molecule has 0 radical (unpaired) electrons. The van der Waals surface area contributed by atoms with Gasteiger partial charge in [0.15, 0.2) is 0 Å². The summed E-state index contributed by atoms with van der Waals surface area (Å²) in [5.41, 5.74) is 0.110. The van der Waals surface area contributed by atoms with E-state index in [1.807, 2.05) is 0 Å². The fourth-order valence-electron chi connectivity index (χ4n) is 2.65. The Morgan fingerprint density at radius 1 is 1.28 bits per heavy atom. The van der Waals surface area contributed by atoms with Crippen molar-refractivity contribution in [3.05, 3.63) is 35.1 Å². The first-order chi connectivity index (χ1) is 8.70. The van der Waals surface area contributed by atoms with E-state index in [-0.39, 0.29) is 23.1 Å². The SMILES string of the molecule is O=C1c2cccc(F)c2C(=O)N1C1CCCNC1. The zero-order valence-corrected chi connectivity index (χ0v) is 9.78. The number of hydrogen-bond donors (Lipinski definition) is 1. The molecule has 2 heterocycles. The smallest absolute Gasteiger partial charge is 0.264 e. The van der Waals surface area contributed by atoms with Crippen molar-refractivity contribution in [2.45, 2.75) is 18.9 Å². The fourth-order valence-corrected chi connectivity index (χ4v) is 2.65. The van der Waals surface area contributed by atoms with Crippen LogP contribution >= 0.6 is 0 Å². The number of carbonyl (C=O) groups excluding carboxylic acids is 2. The molecule has 94 valence electrons. The lowest BCUT2D eigenvalue weighted by Gasteiger charge is -2.29. The number of hydrogen-bond acceptors (Lipinski definition) is 3. The van der Waals surface area contributed by atoms with Crippen molar-refractivity contribution in [1.82, 2.24) is 10.2 Å². The normalized spacial score (nSPS) is 23.4. The molecule has 3 rings (SSSR count). The number of fused-ring (bicyclic) bond motifs is 1. The van der Waals surface area contributed by atoms with Crippen molar-refractivity contribution in [2.75, 3.05) is 13.1 Å². The van der Waals surface area contributed by atoms with Crippen LogP contribution in [0.3, 0.4) is 0 Å². The van der Waals surface area contributed by atoms with Gasteiger partial charge in [-0.1, -0.05) is 6.07 Å². The van der Waals surface area contributed by atoms with Crippen LogP contribution in [0.2, 0.25) is 0 Å². The minimum atomic E-state index is -0.614. The van der Waals surface area contributed by atoms with E-state index in [0.29, 0.717) is 6.54 Å². The highest BCUT2D eigenvalue weighted by Crippen LogP contribution is 2.28. The molecule has 0 aromatic heterocycles. The third-order valence-electron chi connectivity index (χ3n) is 3.53. The zero-order chi connectivity index (χ0) is 12.7. The molecule has 1 saturated heterocycles. The van der Waals surface area contributed by atoms with E-state index in [0.717, 1.165) is 19.4 Å². The fraction of sp³-hybridized carbons (Fsp3) is 0.385. The second-order valence-electron chi connectivity index (χ2n) is 4.64. The molecule has 5 heteroatoms. The summed E-state index contributed by atoms with van der Waals surface area (Å²) in [6.07, 6.45) is 1.70. The van der Waals surface area contributed by atoms with E-state index in [9.17, 15) is 14.0 Å². The van der Waals surface area contributed by atoms with Crippen LogP contribution in [0.1, 0.15) is 33.6 Å². The monoisotopic (exact) mass is 248 g/mol. The molecule has 1 fully saturated rings. The average Bonchev–Trinajstić information content (AvgIpc) is 2.64. The van der Waals surface area contributed by atoms with E-state index in [2.05, 4.69) is 5.32 Å². The van der Waals surface area contributed by atoms with Gasteiger partial charge in [0.2, 0.25) is 0 Å². The Labute approximate surface area is 104 Å². The first-order valence-corrected chi connectivity index (χ1v) is 6.07. The van der Waals surface area contributed by atoms with Gasteiger partial charge in [0.25, 0.3) is 11.8 Å². The predicted molar refractivity (Wildman–Crippen MR) is 62.8 cm³/mol. The number of benzene rings is 1. The summed E-state index contributed by atoms with van der Waals surface area (Å²) in [4.78, 5) is 25.5. The maximum atomic E-state index is 13.6. The van der Waals surface area contributed by atoms with Crippen LogP contribution < -0.4 is 5.32 Å². The first-order valence-electron chi connectivity index (χ1n) is 6.07. The number of nitrogens with zero attached hydrogens (tertiary/aromatic N) is 1. The van der Waals surface area contributed by atoms with E-state index >= 15 is 0 Å². The molecule has 0 saturated carbocycles. The quantitative estimate of drug-likeness (QED) is 0.759. The van der Waals surface area contributed by atoms with Gasteiger partial charge in [-0.3, -0.25) is 14.5 Å². The lowest BCUT2D eigenvalue weighted by Crippen LogP contribution is -2.48. The Bertz CT molecular complexity index is 524. The Kier molecular flexibility index (Phi) is 2.63. The van der Waals surface area contributed by atoms with Crippen LogP contribution in [0, 0.1) is 5.82 Å². The number of nitrogens with one attached hydrogen (secondary N) is 1. The summed E-state index contributed by atoms with van der Waals surface area (Å²) in [6.45, 7) is 1.49. The van der Waals surface area contributed by atoms with Crippen LogP contribution in [0.5, 0.6) is 0 Å². The molecule has 1 aromatic carbocycles. The zero-order valence-electron chi connectivity index (χ0n) is 9.78. The lowest BCUT2D eigenvalue weighted by atomic mass is 10.1. The number of carbonyl (C=O) groups is 2. The van der Waals surface area contributed by atoms with Crippen molar-refractivity contribution >= 4 is 11.8 Å². The van der Waals surface area contributed by atoms with Gasteiger partial charge in [0, 0.05) is 6.54 Å². The van der Waals surface area contributed by atoms with Gasteiger partial charge >= 0.3 is 0 Å². The molecule has 0 bridgehead atoms. The average molecular weight is 248 g/mol. The highest BCUT2D eigenvalue weighted by Gasteiger charge is 2.41. The molecule has 4 nitrogen and oxygen atoms in total. The first kappa shape index (κ1) is 11.3. The second kappa shape index (κ2) is 4.17. The van der Waals surface area contributed by atoms with E-state index in [4.69, 9.17) is 0 Å². The molecule has 18 heavy (non-hydrogen) atoms. The van der Waals surface area contributed by atoms with Crippen LogP contribution in [0.4, 0.5) is 4.39 Å². The molecule has 1 N–H and O–H groups in total. The molecule has 2 aliphatic heterocycles. The van der Waals surface area contributed by atoms with E-state index in [1.54, 1.807) is 0 Å². The third-order valence-corrected chi connectivity index (χ3v) is 3.53. The lowest BCUT2D eigenvalue weighted by molar-refractivity contribution is 0.0559. The third kappa shape index (κ3) is 1.54. The summed E-state index contributed by atoms with van der Waals surface area (Å²) in [5.74, 6) is -1.48. The standard InChI is InChI=1S/C13H13FN2O2/c14-10-5-1-4-9-11(10)13(18)16(12(9)17)8-3-2-6-15-7-8/h1,4-5,8,15H,2-3,6-7H2. The summed E-state index contributed by atoms with van der Waals surface area (Å²) >= 11 is 0. The topological polar surface area (TPSA) is 49.4 Å². The number of piperidine rings is 1. The van der Waals surface area contributed by atoms with Gasteiger partial charge in [-0.25, -0.2) is 4.39 Å². The number of amides is 2. The number of rotatable bonds is 1. The van der Waals surface area contributed by atoms with Gasteiger partial charge < -0.3 is 5.32 Å². The van der Waals surface area contributed by atoms with Crippen molar-refractivity contribution in [2.24, 2.45) is 0 Å². The maximum absolute atomic E-state index is 13.6. The highest BCUT2D eigenvalue weighted by molar-refractivity contribution is 6.21. The maximum Gasteiger partial charge on any atom is 0.264 e. The van der Waals surface area contributed by atoms with Crippen molar-refractivity contribution in [1.29, 1.82) is 0 Å². The Morgan fingerprint density at radius 3 is 2.78 bits per heavy atom. The number of imide groups is 1. The molecule has 1 aromatic rings. The Balaban J connectivity index is 1.99. The van der Waals surface area contributed by atoms with Gasteiger partial charge in [0.1, 0.15) is 5.82 Å². The van der Waals surface area contributed by atoms with Crippen LogP contribution in [-0.2, 0) is 0 Å².